The Bertz CT molecular complexity index is 849. The first kappa shape index (κ1) is 15.3. The monoisotopic (exact) mass is 429 g/mol. The standard InChI is InChI=1S/C18H16IN5/c19-14-3-1-2-4-15(14)22-17-11-16(12-7-9-20-10-8-12)23-18(24-17)21-13-5-6-13/h1-4,7-11,13H,5-6H2,(H2,21,22,23,24). The van der Waals surface area contributed by atoms with Crippen molar-refractivity contribution in [2.45, 2.75) is 18.9 Å². The third-order valence-electron chi connectivity index (χ3n) is 3.75. The summed E-state index contributed by atoms with van der Waals surface area (Å²) >= 11 is 2.32. The summed E-state index contributed by atoms with van der Waals surface area (Å²) in [6, 6.07) is 14.5. The second-order valence-corrected chi connectivity index (χ2v) is 6.88. The minimum absolute atomic E-state index is 0.502. The van der Waals surface area contributed by atoms with Crippen LogP contribution < -0.4 is 10.6 Å². The third kappa shape index (κ3) is 3.64. The van der Waals surface area contributed by atoms with E-state index in [1.165, 1.54) is 12.8 Å². The van der Waals surface area contributed by atoms with Crippen molar-refractivity contribution in [1.82, 2.24) is 15.0 Å². The molecular weight excluding hydrogens is 413 g/mol. The Labute approximate surface area is 154 Å². The quantitative estimate of drug-likeness (QED) is 0.587. The number of halogens is 1. The lowest BCUT2D eigenvalue weighted by Gasteiger charge is -2.12. The molecule has 0 radical (unpaired) electrons. The number of rotatable bonds is 5. The lowest BCUT2D eigenvalue weighted by molar-refractivity contribution is 1.06. The van der Waals surface area contributed by atoms with Crippen LogP contribution in [0.2, 0.25) is 0 Å². The molecule has 2 heterocycles. The van der Waals surface area contributed by atoms with Gasteiger partial charge in [0.25, 0.3) is 0 Å². The molecule has 0 bridgehead atoms. The minimum Gasteiger partial charge on any atom is -0.351 e. The number of hydrogen-bond donors (Lipinski definition) is 2. The van der Waals surface area contributed by atoms with Crippen LogP contribution in [0, 0.1) is 3.57 Å². The van der Waals surface area contributed by atoms with Crippen LogP contribution in [0.4, 0.5) is 17.5 Å². The van der Waals surface area contributed by atoms with E-state index < -0.39 is 0 Å². The number of nitrogens with one attached hydrogen (secondary N) is 2. The Balaban J connectivity index is 1.71. The summed E-state index contributed by atoms with van der Waals surface area (Å²) in [5.74, 6) is 1.45. The molecule has 1 fully saturated rings. The van der Waals surface area contributed by atoms with E-state index in [1.54, 1.807) is 12.4 Å². The van der Waals surface area contributed by atoms with E-state index in [2.05, 4.69) is 54.2 Å². The summed E-state index contributed by atoms with van der Waals surface area (Å²) in [5.41, 5.74) is 2.94. The first-order valence-corrected chi connectivity index (χ1v) is 8.93. The van der Waals surface area contributed by atoms with Crippen molar-refractivity contribution in [1.29, 1.82) is 0 Å². The van der Waals surface area contributed by atoms with E-state index in [0.717, 1.165) is 26.3 Å². The Morgan fingerprint density at radius 1 is 1.00 bits per heavy atom. The Hall–Kier alpha value is -2.22. The van der Waals surface area contributed by atoms with Gasteiger partial charge in [0.2, 0.25) is 5.95 Å². The number of anilines is 3. The Kier molecular flexibility index (Phi) is 4.29. The second-order valence-electron chi connectivity index (χ2n) is 5.72. The molecule has 5 nitrogen and oxygen atoms in total. The Morgan fingerprint density at radius 2 is 1.79 bits per heavy atom. The highest BCUT2D eigenvalue weighted by molar-refractivity contribution is 14.1. The van der Waals surface area contributed by atoms with E-state index in [4.69, 9.17) is 0 Å². The SMILES string of the molecule is Ic1ccccc1Nc1cc(-c2ccncc2)nc(NC2CC2)n1. The van der Waals surface area contributed by atoms with Gasteiger partial charge in [-0.2, -0.15) is 4.98 Å². The van der Waals surface area contributed by atoms with E-state index in [0.29, 0.717) is 12.0 Å². The summed E-state index contributed by atoms with van der Waals surface area (Å²) in [6.07, 6.45) is 5.92. The average Bonchev–Trinajstić information content (AvgIpc) is 3.42. The summed E-state index contributed by atoms with van der Waals surface area (Å²) in [5, 5.41) is 6.79. The number of pyridine rings is 1. The predicted molar refractivity (Wildman–Crippen MR) is 104 cm³/mol. The van der Waals surface area contributed by atoms with E-state index in [9.17, 15) is 0 Å². The number of hydrogen-bond acceptors (Lipinski definition) is 5. The highest BCUT2D eigenvalue weighted by Crippen LogP contribution is 2.28. The van der Waals surface area contributed by atoms with E-state index in [-0.39, 0.29) is 0 Å². The molecule has 0 amide bonds. The van der Waals surface area contributed by atoms with Crippen LogP contribution >= 0.6 is 22.6 Å². The summed E-state index contributed by atoms with van der Waals surface area (Å²) in [4.78, 5) is 13.4. The largest absolute Gasteiger partial charge is 0.351 e. The van der Waals surface area contributed by atoms with Gasteiger partial charge in [-0.1, -0.05) is 12.1 Å². The van der Waals surface area contributed by atoms with E-state index in [1.807, 2.05) is 36.4 Å². The minimum atomic E-state index is 0.502. The van der Waals surface area contributed by atoms with Crippen LogP contribution in [0.15, 0.2) is 54.9 Å². The van der Waals surface area contributed by atoms with Crippen molar-refractivity contribution >= 4 is 40.0 Å². The fraction of sp³-hybridized carbons (Fsp3) is 0.167. The molecule has 24 heavy (non-hydrogen) atoms. The molecule has 2 N–H and O–H groups in total. The molecule has 0 spiro atoms. The third-order valence-corrected chi connectivity index (χ3v) is 4.69. The zero-order valence-corrected chi connectivity index (χ0v) is 15.1. The maximum atomic E-state index is 4.66. The molecule has 1 aromatic carbocycles. The number of aromatic nitrogens is 3. The highest BCUT2D eigenvalue weighted by atomic mass is 127. The van der Waals surface area contributed by atoms with E-state index >= 15 is 0 Å². The van der Waals surface area contributed by atoms with Crippen molar-refractivity contribution in [2.75, 3.05) is 10.6 Å². The molecule has 120 valence electrons. The molecule has 0 atom stereocenters. The van der Waals surface area contributed by atoms with Crippen molar-refractivity contribution in [3.05, 3.63) is 58.4 Å². The van der Waals surface area contributed by atoms with Crippen LogP contribution in [0.1, 0.15) is 12.8 Å². The molecule has 4 rings (SSSR count). The molecule has 1 aliphatic rings. The smallest absolute Gasteiger partial charge is 0.225 e. The van der Waals surface area contributed by atoms with Gasteiger partial charge in [0, 0.05) is 33.6 Å². The van der Waals surface area contributed by atoms with Gasteiger partial charge < -0.3 is 10.6 Å². The van der Waals surface area contributed by atoms with Gasteiger partial charge >= 0.3 is 0 Å². The maximum Gasteiger partial charge on any atom is 0.225 e. The van der Waals surface area contributed by atoms with Crippen LogP contribution in [-0.2, 0) is 0 Å². The normalized spacial score (nSPS) is 13.5. The first-order valence-electron chi connectivity index (χ1n) is 7.85. The highest BCUT2D eigenvalue weighted by Gasteiger charge is 2.22. The molecular formula is C18H16IN5. The van der Waals surface area contributed by atoms with Crippen molar-refractivity contribution in [2.24, 2.45) is 0 Å². The van der Waals surface area contributed by atoms with Gasteiger partial charge in [0.05, 0.1) is 11.4 Å². The zero-order chi connectivity index (χ0) is 16.4. The van der Waals surface area contributed by atoms with Gasteiger partial charge in [-0.05, 0) is 59.7 Å². The summed E-state index contributed by atoms with van der Waals surface area (Å²) in [7, 11) is 0. The lowest BCUT2D eigenvalue weighted by Crippen LogP contribution is -2.08. The van der Waals surface area contributed by atoms with Gasteiger partial charge in [0.1, 0.15) is 5.82 Å². The molecule has 2 aromatic heterocycles. The summed E-state index contributed by atoms with van der Waals surface area (Å²) in [6.45, 7) is 0. The molecule has 0 aliphatic heterocycles. The molecule has 1 aliphatic carbocycles. The van der Waals surface area contributed by atoms with Crippen LogP contribution in [0.5, 0.6) is 0 Å². The molecule has 3 aromatic rings. The van der Waals surface area contributed by atoms with Gasteiger partial charge in [-0.3, -0.25) is 4.98 Å². The predicted octanol–water partition coefficient (Wildman–Crippen LogP) is 4.46. The van der Waals surface area contributed by atoms with Crippen LogP contribution in [-0.4, -0.2) is 21.0 Å². The fourth-order valence-electron chi connectivity index (χ4n) is 2.36. The number of benzene rings is 1. The Morgan fingerprint density at radius 3 is 2.54 bits per heavy atom. The fourth-order valence-corrected chi connectivity index (χ4v) is 2.88. The molecule has 1 saturated carbocycles. The maximum absolute atomic E-state index is 4.66. The van der Waals surface area contributed by atoms with Gasteiger partial charge in [-0.15, -0.1) is 0 Å². The number of nitrogens with zero attached hydrogens (tertiary/aromatic N) is 3. The zero-order valence-electron chi connectivity index (χ0n) is 12.9. The van der Waals surface area contributed by atoms with Crippen LogP contribution in [0.3, 0.4) is 0 Å². The van der Waals surface area contributed by atoms with Crippen molar-refractivity contribution in [3.63, 3.8) is 0 Å². The summed E-state index contributed by atoms with van der Waals surface area (Å²) < 4.78 is 1.15. The first-order chi connectivity index (χ1) is 11.8. The van der Waals surface area contributed by atoms with Gasteiger partial charge in [-0.25, -0.2) is 4.98 Å². The average molecular weight is 429 g/mol. The lowest BCUT2D eigenvalue weighted by atomic mass is 10.2. The van der Waals surface area contributed by atoms with Crippen molar-refractivity contribution < 1.29 is 0 Å². The van der Waals surface area contributed by atoms with Crippen LogP contribution in [0.25, 0.3) is 11.3 Å². The topological polar surface area (TPSA) is 62.7 Å². The molecule has 0 unspecified atom stereocenters. The van der Waals surface area contributed by atoms with Crippen molar-refractivity contribution in [3.8, 4) is 11.3 Å². The second kappa shape index (κ2) is 6.72. The number of para-hydroxylation sites is 1. The molecule has 6 heteroatoms. The van der Waals surface area contributed by atoms with Gasteiger partial charge in [0.15, 0.2) is 0 Å². The molecule has 0 saturated heterocycles.